The largest absolute Gasteiger partial charge is 0.340 e. The van der Waals surface area contributed by atoms with Gasteiger partial charge in [-0.15, -0.1) is 0 Å². The molecule has 0 amide bonds. The molecule has 2 aromatic rings. The predicted octanol–water partition coefficient (Wildman–Crippen LogP) is 1.61. The summed E-state index contributed by atoms with van der Waals surface area (Å²) in [6.07, 6.45) is 2.07. The lowest BCUT2D eigenvalue weighted by molar-refractivity contribution is 0.203. The fraction of sp³-hybridized carbons (Fsp3) is 0.357. The Kier molecular flexibility index (Phi) is 3.47. The Morgan fingerprint density at radius 1 is 1.36 bits per heavy atom. The van der Waals surface area contributed by atoms with Crippen LogP contribution in [-0.2, 0) is 15.6 Å². The van der Waals surface area contributed by atoms with Gasteiger partial charge in [0.25, 0.3) is 0 Å². The summed E-state index contributed by atoms with van der Waals surface area (Å²) < 4.78 is 32.9. The van der Waals surface area contributed by atoms with Crippen LogP contribution in [-0.4, -0.2) is 18.6 Å². The van der Waals surface area contributed by atoms with Crippen LogP contribution in [0.15, 0.2) is 33.7 Å². The molecule has 1 aromatic carbocycles. The van der Waals surface area contributed by atoms with E-state index < -0.39 is 15.6 Å². The first kappa shape index (κ1) is 14.7. The molecule has 0 spiro atoms. The van der Waals surface area contributed by atoms with Gasteiger partial charge in [-0.25, -0.2) is 8.42 Å². The third kappa shape index (κ3) is 2.38. The Bertz CT molecular complexity index is 847. The number of nitriles is 1. The Morgan fingerprint density at radius 3 is 2.64 bits per heavy atom. The summed E-state index contributed by atoms with van der Waals surface area (Å²) in [6.45, 7) is 1.66. The molecular formula is C14H14N4O3S. The summed E-state index contributed by atoms with van der Waals surface area (Å²) in [4.78, 5) is 4.12. The van der Waals surface area contributed by atoms with Gasteiger partial charge in [0.05, 0.1) is 16.0 Å². The molecule has 1 heterocycles. The Hall–Kier alpha value is -2.24. The number of nitrogens with one attached hydrogen (secondary N) is 1. The van der Waals surface area contributed by atoms with Crippen molar-refractivity contribution in [3.8, 4) is 6.07 Å². The lowest BCUT2D eigenvalue weighted by Crippen LogP contribution is -2.51. The predicted molar refractivity (Wildman–Crippen MR) is 76.0 cm³/mol. The third-order valence-electron chi connectivity index (χ3n) is 3.79. The van der Waals surface area contributed by atoms with E-state index in [2.05, 4.69) is 14.9 Å². The maximum atomic E-state index is 12.7. The molecule has 1 N–H and O–H groups in total. The van der Waals surface area contributed by atoms with Gasteiger partial charge in [-0.05, 0) is 31.4 Å². The summed E-state index contributed by atoms with van der Waals surface area (Å²) in [5.74, 6) is 0.729. The molecule has 0 unspecified atom stereocenters. The quantitative estimate of drug-likeness (QED) is 0.917. The molecular weight excluding hydrogens is 304 g/mol. The number of hydrogen-bond acceptors (Lipinski definition) is 6. The van der Waals surface area contributed by atoms with E-state index in [9.17, 15) is 8.42 Å². The number of aromatic nitrogens is 2. The molecule has 114 valence electrons. The highest BCUT2D eigenvalue weighted by molar-refractivity contribution is 7.89. The molecule has 1 aromatic heterocycles. The van der Waals surface area contributed by atoms with Crippen LogP contribution in [0.1, 0.15) is 36.5 Å². The summed E-state index contributed by atoms with van der Waals surface area (Å²) in [7, 11) is -3.85. The number of nitrogens with zero attached hydrogens (tertiary/aromatic N) is 3. The minimum Gasteiger partial charge on any atom is -0.340 e. The second-order valence-electron chi connectivity index (χ2n) is 5.29. The molecule has 1 aliphatic carbocycles. The first-order chi connectivity index (χ1) is 10.5. The number of rotatable bonds is 4. The molecule has 1 aliphatic rings. The van der Waals surface area contributed by atoms with E-state index in [4.69, 9.17) is 9.78 Å². The summed E-state index contributed by atoms with van der Waals surface area (Å²) in [6, 6.07) is 7.99. The lowest BCUT2D eigenvalue weighted by Gasteiger charge is -2.39. The standard InChI is InChI=1S/C14H14N4O3S/c1-10-16-13(17-21-10)14(7-4-8-14)18-22(19,20)12-6-3-2-5-11(12)9-15/h2-3,5-6,18H,4,7-8H2,1H3. The molecule has 1 saturated carbocycles. The van der Waals surface area contributed by atoms with Gasteiger partial charge < -0.3 is 4.52 Å². The lowest BCUT2D eigenvalue weighted by atomic mass is 9.77. The third-order valence-corrected chi connectivity index (χ3v) is 5.38. The van der Waals surface area contributed by atoms with Crippen LogP contribution >= 0.6 is 0 Å². The van der Waals surface area contributed by atoms with Crippen LogP contribution in [0.5, 0.6) is 0 Å². The highest BCUT2D eigenvalue weighted by atomic mass is 32.2. The van der Waals surface area contributed by atoms with Crippen LogP contribution in [0.25, 0.3) is 0 Å². The molecule has 0 atom stereocenters. The second-order valence-corrected chi connectivity index (χ2v) is 6.94. The maximum absolute atomic E-state index is 12.7. The monoisotopic (exact) mass is 318 g/mol. The zero-order valence-corrected chi connectivity index (χ0v) is 12.7. The van der Waals surface area contributed by atoms with Crippen molar-refractivity contribution in [3.05, 3.63) is 41.5 Å². The van der Waals surface area contributed by atoms with Gasteiger partial charge in [-0.2, -0.15) is 15.0 Å². The van der Waals surface area contributed by atoms with Crippen molar-refractivity contribution in [1.29, 1.82) is 5.26 Å². The number of benzene rings is 1. The molecule has 0 aliphatic heterocycles. The van der Waals surface area contributed by atoms with E-state index >= 15 is 0 Å². The smallest absolute Gasteiger partial charge is 0.242 e. The van der Waals surface area contributed by atoms with Gasteiger partial charge in [-0.3, -0.25) is 0 Å². The molecule has 0 radical (unpaired) electrons. The van der Waals surface area contributed by atoms with Crippen LogP contribution in [0, 0.1) is 18.3 Å². The first-order valence-corrected chi connectivity index (χ1v) is 8.29. The highest BCUT2D eigenvalue weighted by Crippen LogP contribution is 2.41. The number of aryl methyl sites for hydroxylation is 1. The minimum absolute atomic E-state index is 0.0380. The molecule has 3 rings (SSSR count). The molecule has 22 heavy (non-hydrogen) atoms. The van der Waals surface area contributed by atoms with E-state index in [1.165, 1.54) is 12.1 Å². The average Bonchev–Trinajstić information content (AvgIpc) is 2.89. The summed E-state index contributed by atoms with van der Waals surface area (Å²) in [5, 5.41) is 12.9. The fourth-order valence-electron chi connectivity index (χ4n) is 2.50. The van der Waals surface area contributed by atoms with Crippen molar-refractivity contribution in [2.24, 2.45) is 0 Å². The molecule has 0 bridgehead atoms. The number of hydrogen-bond donors (Lipinski definition) is 1. The van der Waals surface area contributed by atoms with Crippen molar-refractivity contribution >= 4 is 10.0 Å². The van der Waals surface area contributed by atoms with Crippen molar-refractivity contribution in [1.82, 2.24) is 14.9 Å². The Labute approximate surface area is 128 Å². The van der Waals surface area contributed by atoms with Crippen LogP contribution in [0.4, 0.5) is 0 Å². The Morgan fingerprint density at radius 2 is 2.09 bits per heavy atom. The van der Waals surface area contributed by atoms with E-state index in [1.54, 1.807) is 19.1 Å². The van der Waals surface area contributed by atoms with Gasteiger partial charge in [0.2, 0.25) is 15.9 Å². The summed E-state index contributed by atoms with van der Waals surface area (Å²) in [5.41, 5.74) is -0.743. The first-order valence-electron chi connectivity index (χ1n) is 6.81. The van der Waals surface area contributed by atoms with Crippen LogP contribution in [0.3, 0.4) is 0 Å². The SMILES string of the molecule is Cc1nc(C2(NS(=O)(=O)c3ccccc3C#N)CCC2)no1. The molecule has 8 heteroatoms. The van der Waals surface area contributed by atoms with E-state index in [1.807, 2.05) is 6.07 Å². The van der Waals surface area contributed by atoms with Gasteiger partial charge in [0.15, 0.2) is 5.82 Å². The van der Waals surface area contributed by atoms with Crippen molar-refractivity contribution in [2.75, 3.05) is 0 Å². The van der Waals surface area contributed by atoms with Gasteiger partial charge in [0, 0.05) is 6.92 Å². The maximum Gasteiger partial charge on any atom is 0.242 e. The van der Waals surface area contributed by atoms with Gasteiger partial charge >= 0.3 is 0 Å². The van der Waals surface area contributed by atoms with Crippen molar-refractivity contribution < 1.29 is 12.9 Å². The average molecular weight is 318 g/mol. The minimum atomic E-state index is -3.85. The number of sulfonamides is 1. The zero-order valence-electron chi connectivity index (χ0n) is 11.9. The molecule has 1 fully saturated rings. The fourth-order valence-corrected chi connectivity index (χ4v) is 4.08. The topological polar surface area (TPSA) is 109 Å². The molecule has 0 saturated heterocycles. The highest BCUT2D eigenvalue weighted by Gasteiger charge is 2.46. The molecule has 7 nitrogen and oxygen atoms in total. The van der Waals surface area contributed by atoms with E-state index in [-0.39, 0.29) is 10.5 Å². The van der Waals surface area contributed by atoms with Crippen LogP contribution in [0.2, 0.25) is 0 Å². The van der Waals surface area contributed by atoms with Crippen LogP contribution < -0.4 is 4.72 Å². The Balaban J connectivity index is 1.99. The second kappa shape index (κ2) is 5.19. The van der Waals surface area contributed by atoms with Crippen molar-refractivity contribution in [3.63, 3.8) is 0 Å². The normalized spacial score (nSPS) is 16.7. The van der Waals surface area contributed by atoms with Crippen molar-refractivity contribution in [2.45, 2.75) is 36.6 Å². The van der Waals surface area contributed by atoms with Gasteiger partial charge in [-0.1, -0.05) is 17.3 Å². The summed E-state index contributed by atoms with van der Waals surface area (Å²) >= 11 is 0. The van der Waals surface area contributed by atoms with E-state index in [0.29, 0.717) is 24.6 Å². The van der Waals surface area contributed by atoms with E-state index in [0.717, 1.165) is 6.42 Å². The zero-order chi connectivity index (χ0) is 15.8. The van der Waals surface area contributed by atoms with Gasteiger partial charge in [0.1, 0.15) is 6.07 Å².